The molecule has 72 valence electrons. The summed E-state index contributed by atoms with van der Waals surface area (Å²) in [4.78, 5) is 9.68. The fraction of sp³-hybridized carbons (Fsp3) is 0.800. The molecule has 0 rings (SSSR count). The molecule has 0 aromatic heterocycles. The maximum atomic E-state index is 12.4. The Morgan fingerprint density at radius 1 is 1.50 bits per heavy atom. The summed E-state index contributed by atoms with van der Waals surface area (Å²) in [5.41, 5.74) is 0. The molecule has 7 heteroatoms. The number of halogens is 2. The van der Waals surface area contributed by atoms with Crippen LogP contribution in [-0.2, 0) is 4.79 Å². The average Bonchev–Trinajstić information content (AvgIpc) is 2.01. The number of hydrogen-bond acceptors (Lipinski definition) is 5. The zero-order valence-corrected chi connectivity index (χ0v) is 5.81. The van der Waals surface area contributed by atoms with Crippen LogP contribution in [0.15, 0.2) is 0 Å². The quantitative estimate of drug-likeness (QED) is 0.375. The van der Waals surface area contributed by atoms with Gasteiger partial charge in [-0.15, -0.1) is 0 Å². The first-order valence-corrected chi connectivity index (χ1v) is 2.92. The van der Waals surface area contributed by atoms with Gasteiger partial charge in [0.05, 0.1) is 6.61 Å². The lowest BCUT2D eigenvalue weighted by Crippen LogP contribution is -2.51. The molecule has 0 radical (unpaired) electrons. The van der Waals surface area contributed by atoms with Crippen LogP contribution in [0.2, 0.25) is 0 Å². The lowest BCUT2D eigenvalue weighted by Gasteiger charge is -2.22. The third-order valence-electron chi connectivity index (χ3n) is 1.22. The van der Waals surface area contributed by atoms with Crippen molar-refractivity contribution in [3.8, 4) is 0 Å². The second-order valence-electron chi connectivity index (χ2n) is 2.14. The second-order valence-corrected chi connectivity index (χ2v) is 2.14. The minimum Gasteiger partial charge on any atom is -0.394 e. The molecule has 12 heavy (non-hydrogen) atoms. The Labute approximate surface area is 65.9 Å². The minimum atomic E-state index is -4.18. The second kappa shape index (κ2) is 3.85. The Bertz CT molecular complexity index is 171. The molecule has 5 nitrogen and oxygen atoms in total. The standard InChI is InChI=1S/C5H8F2O5/c6-4(11)5(7,12)3(10)2(9)1-8/h2-3,8-10,12H,1H2/t2?,3?,5-/m1/s1. The van der Waals surface area contributed by atoms with Gasteiger partial charge in [-0.2, -0.15) is 8.78 Å². The molecule has 3 atom stereocenters. The topological polar surface area (TPSA) is 98.0 Å². The van der Waals surface area contributed by atoms with Gasteiger partial charge < -0.3 is 20.4 Å². The Balaban J connectivity index is 4.44. The van der Waals surface area contributed by atoms with Crippen LogP contribution in [0.5, 0.6) is 0 Å². The minimum absolute atomic E-state index is 1.11. The molecule has 2 unspecified atom stereocenters. The number of rotatable bonds is 4. The first-order chi connectivity index (χ1) is 5.34. The van der Waals surface area contributed by atoms with Crippen LogP contribution in [0.3, 0.4) is 0 Å². The van der Waals surface area contributed by atoms with Gasteiger partial charge in [0.1, 0.15) is 6.10 Å². The van der Waals surface area contributed by atoms with Gasteiger partial charge in [0.15, 0.2) is 6.10 Å². The third-order valence-corrected chi connectivity index (χ3v) is 1.22. The van der Waals surface area contributed by atoms with Gasteiger partial charge in [0.2, 0.25) is 0 Å². The smallest absolute Gasteiger partial charge is 0.368 e. The van der Waals surface area contributed by atoms with Crippen LogP contribution in [0.25, 0.3) is 0 Å². The van der Waals surface area contributed by atoms with Crippen LogP contribution < -0.4 is 0 Å². The van der Waals surface area contributed by atoms with Crippen LogP contribution in [-0.4, -0.2) is 51.1 Å². The van der Waals surface area contributed by atoms with E-state index >= 15 is 0 Å². The van der Waals surface area contributed by atoms with Crippen molar-refractivity contribution in [3.63, 3.8) is 0 Å². The van der Waals surface area contributed by atoms with Crippen molar-refractivity contribution in [3.05, 3.63) is 0 Å². The summed E-state index contributed by atoms with van der Waals surface area (Å²) in [7, 11) is 0. The largest absolute Gasteiger partial charge is 0.394 e. The van der Waals surface area contributed by atoms with E-state index in [1.807, 2.05) is 0 Å². The molecule has 0 saturated heterocycles. The predicted molar refractivity (Wildman–Crippen MR) is 31.3 cm³/mol. The molecule has 0 amide bonds. The molecule has 0 bridgehead atoms. The highest BCUT2D eigenvalue weighted by molar-refractivity contribution is 5.76. The van der Waals surface area contributed by atoms with Crippen molar-refractivity contribution in [1.82, 2.24) is 0 Å². The van der Waals surface area contributed by atoms with E-state index in [9.17, 15) is 13.6 Å². The molecule has 0 aromatic rings. The van der Waals surface area contributed by atoms with E-state index in [-0.39, 0.29) is 0 Å². The summed E-state index contributed by atoms with van der Waals surface area (Å²) in [6, 6.07) is -2.83. The van der Waals surface area contributed by atoms with Crippen LogP contribution in [0, 0.1) is 0 Å². The SMILES string of the molecule is O=C(F)[C@@](O)(F)C(O)C(O)CO. The maximum Gasteiger partial charge on any atom is 0.368 e. The van der Waals surface area contributed by atoms with Gasteiger partial charge in [0, 0.05) is 0 Å². The number of hydrogen-bond donors (Lipinski definition) is 4. The third kappa shape index (κ3) is 2.18. The van der Waals surface area contributed by atoms with Gasteiger partial charge in [-0.25, -0.2) is 0 Å². The molecule has 0 saturated carbocycles. The fourth-order valence-electron chi connectivity index (χ4n) is 0.471. The lowest BCUT2D eigenvalue weighted by molar-refractivity contribution is -0.215. The zero-order valence-electron chi connectivity index (χ0n) is 5.81. The summed E-state index contributed by atoms with van der Waals surface area (Å²) in [5, 5.41) is 33.4. The molecule has 0 aliphatic heterocycles. The molecule has 0 aliphatic rings. The van der Waals surface area contributed by atoms with E-state index in [1.165, 1.54) is 0 Å². The first-order valence-electron chi connectivity index (χ1n) is 2.92. The van der Waals surface area contributed by atoms with Crippen molar-refractivity contribution < 1.29 is 34.0 Å². The summed E-state index contributed by atoms with van der Waals surface area (Å²) >= 11 is 0. The van der Waals surface area contributed by atoms with Crippen molar-refractivity contribution in [2.24, 2.45) is 0 Å². The average molecular weight is 186 g/mol. The molecule has 0 heterocycles. The summed E-state index contributed by atoms with van der Waals surface area (Å²) in [6.45, 7) is -1.11. The van der Waals surface area contributed by atoms with Crippen LogP contribution in [0.1, 0.15) is 0 Å². The summed E-state index contributed by atoms with van der Waals surface area (Å²) < 4.78 is 24.0. The fourth-order valence-corrected chi connectivity index (χ4v) is 0.471. The van der Waals surface area contributed by atoms with Crippen LogP contribution in [0.4, 0.5) is 8.78 Å². The van der Waals surface area contributed by atoms with E-state index in [0.29, 0.717) is 0 Å². The molecule has 0 aliphatic carbocycles. The van der Waals surface area contributed by atoms with Gasteiger partial charge in [-0.1, -0.05) is 0 Å². The van der Waals surface area contributed by atoms with Crippen LogP contribution >= 0.6 is 0 Å². The highest BCUT2D eigenvalue weighted by Gasteiger charge is 2.47. The Kier molecular flexibility index (Phi) is 3.65. The first kappa shape index (κ1) is 11.4. The molecule has 0 fully saturated rings. The molecular weight excluding hydrogens is 178 g/mol. The van der Waals surface area contributed by atoms with Crippen molar-refractivity contribution >= 4 is 6.04 Å². The van der Waals surface area contributed by atoms with E-state index in [4.69, 9.17) is 20.4 Å². The highest BCUT2D eigenvalue weighted by atomic mass is 19.2. The summed E-state index contributed by atoms with van der Waals surface area (Å²) in [6.07, 6.45) is -4.83. The Morgan fingerprint density at radius 3 is 2.17 bits per heavy atom. The lowest BCUT2D eigenvalue weighted by atomic mass is 10.1. The van der Waals surface area contributed by atoms with Crippen molar-refractivity contribution in [1.29, 1.82) is 0 Å². The Morgan fingerprint density at radius 2 is 1.92 bits per heavy atom. The number of alkyl halides is 1. The van der Waals surface area contributed by atoms with Crippen molar-refractivity contribution in [2.75, 3.05) is 6.61 Å². The van der Waals surface area contributed by atoms with Gasteiger partial charge in [0.25, 0.3) is 0 Å². The van der Waals surface area contributed by atoms with E-state index in [2.05, 4.69) is 0 Å². The van der Waals surface area contributed by atoms with Gasteiger partial charge in [-0.3, -0.25) is 4.79 Å². The number of aliphatic hydroxyl groups excluding tert-OH is 3. The van der Waals surface area contributed by atoms with E-state index in [0.717, 1.165) is 0 Å². The predicted octanol–water partition coefficient (Wildman–Crippen LogP) is -2.15. The number of aliphatic hydroxyl groups is 4. The normalized spacial score (nSPS) is 21.2. The molecule has 0 spiro atoms. The summed E-state index contributed by atoms with van der Waals surface area (Å²) in [5.74, 6) is -4.18. The van der Waals surface area contributed by atoms with E-state index < -0.39 is 30.7 Å². The monoisotopic (exact) mass is 186 g/mol. The molecule has 0 aromatic carbocycles. The van der Waals surface area contributed by atoms with Gasteiger partial charge >= 0.3 is 11.9 Å². The Hall–Kier alpha value is -0.630. The highest BCUT2D eigenvalue weighted by Crippen LogP contribution is 2.17. The molecular formula is C5H8F2O5. The van der Waals surface area contributed by atoms with E-state index in [1.54, 1.807) is 0 Å². The zero-order chi connectivity index (χ0) is 9.94. The van der Waals surface area contributed by atoms with Gasteiger partial charge in [-0.05, 0) is 0 Å². The number of carbonyl (C=O) groups excluding carboxylic acids is 1. The molecule has 4 N–H and O–H groups in total. The van der Waals surface area contributed by atoms with Crippen molar-refractivity contribution in [2.45, 2.75) is 18.1 Å². The number of carbonyl (C=O) groups is 1. The maximum absolute atomic E-state index is 12.4.